The molecule has 0 heterocycles. The Morgan fingerprint density at radius 2 is 2.06 bits per heavy atom. The van der Waals surface area contributed by atoms with Gasteiger partial charge < -0.3 is 5.32 Å². The minimum atomic E-state index is -3.32. The average molecular weight is 273 g/mol. The van der Waals surface area contributed by atoms with Gasteiger partial charge in [0.2, 0.25) is 10.0 Å². The third-order valence-electron chi connectivity index (χ3n) is 2.42. The molecule has 7 nitrogen and oxygen atoms in total. The SMILES string of the molecule is CNS(=O)(=O)CCNc1cccc(C)c1[N+](=O)[O-]. The van der Waals surface area contributed by atoms with Crippen LogP contribution < -0.4 is 10.0 Å². The molecule has 0 saturated carbocycles. The Morgan fingerprint density at radius 1 is 1.39 bits per heavy atom. The molecule has 1 rings (SSSR count). The van der Waals surface area contributed by atoms with Crippen LogP contribution in [0.5, 0.6) is 0 Å². The van der Waals surface area contributed by atoms with Crippen molar-refractivity contribution in [1.29, 1.82) is 0 Å². The molecule has 0 spiro atoms. The number of rotatable bonds is 6. The van der Waals surface area contributed by atoms with Crippen molar-refractivity contribution in [2.45, 2.75) is 6.92 Å². The summed E-state index contributed by atoms with van der Waals surface area (Å²) in [5, 5.41) is 13.7. The molecule has 0 aliphatic carbocycles. The van der Waals surface area contributed by atoms with E-state index in [9.17, 15) is 18.5 Å². The van der Waals surface area contributed by atoms with Gasteiger partial charge in [0.25, 0.3) is 5.69 Å². The highest BCUT2D eigenvalue weighted by molar-refractivity contribution is 7.89. The van der Waals surface area contributed by atoms with Crippen molar-refractivity contribution in [3.05, 3.63) is 33.9 Å². The van der Waals surface area contributed by atoms with Gasteiger partial charge in [-0.15, -0.1) is 0 Å². The predicted molar refractivity (Wildman–Crippen MR) is 69.2 cm³/mol. The lowest BCUT2D eigenvalue weighted by Crippen LogP contribution is -2.26. The molecular formula is C10H15N3O4S. The highest BCUT2D eigenvalue weighted by Gasteiger charge is 2.16. The summed E-state index contributed by atoms with van der Waals surface area (Å²) in [5.74, 6) is -0.144. The average Bonchev–Trinajstić information content (AvgIpc) is 2.28. The normalized spacial score (nSPS) is 11.2. The molecule has 8 heteroatoms. The van der Waals surface area contributed by atoms with Crippen LogP contribution in [0.15, 0.2) is 18.2 Å². The summed E-state index contributed by atoms with van der Waals surface area (Å²) in [6.07, 6.45) is 0. The Hall–Kier alpha value is -1.67. The van der Waals surface area contributed by atoms with E-state index < -0.39 is 14.9 Å². The number of benzene rings is 1. The largest absolute Gasteiger partial charge is 0.378 e. The van der Waals surface area contributed by atoms with Crippen molar-refractivity contribution in [2.24, 2.45) is 0 Å². The fourth-order valence-electron chi connectivity index (χ4n) is 1.47. The molecule has 0 aromatic heterocycles. The van der Waals surface area contributed by atoms with E-state index in [1.807, 2.05) is 0 Å². The van der Waals surface area contributed by atoms with E-state index in [4.69, 9.17) is 0 Å². The fourth-order valence-corrected chi connectivity index (χ4v) is 2.04. The molecule has 18 heavy (non-hydrogen) atoms. The lowest BCUT2D eigenvalue weighted by molar-refractivity contribution is -0.384. The van der Waals surface area contributed by atoms with Gasteiger partial charge in [-0.05, 0) is 20.0 Å². The van der Waals surface area contributed by atoms with Gasteiger partial charge in [-0.1, -0.05) is 12.1 Å². The monoisotopic (exact) mass is 273 g/mol. The van der Waals surface area contributed by atoms with Gasteiger partial charge in [0.1, 0.15) is 5.69 Å². The number of anilines is 1. The van der Waals surface area contributed by atoms with Crippen molar-refractivity contribution in [2.75, 3.05) is 24.7 Å². The third kappa shape index (κ3) is 3.67. The number of para-hydroxylation sites is 1. The van der Waals surface area contributed by atoms with Gasteiger partial charge in [-0.3, -0.25) is 10.1 Å². The summed E-state index contributed by atoms with van der Waals surface area (Å²) in [5.41, 5.74) is 0.826. The van der Waals surface area contributed by atoms with E-state index in [0.717, 1.165) is 0 Å². The van der Waals surface area contributed by atoms with E-state index in [1.54, 1.807) is 25.1 Å². The first-order valence-corrected chi connectivity index (χ1v) is 6.91. The first-order chi connectivity index (χ1) is 8.37. The van der Waals surface area contributed by atoms with E-state index in [-0.39, 0.29) is 18.0 Å². The minimum absolute atomic E-state index is 0.0284. The number of nitro benzene ring substituents is 1. The number of hydrogen-bond acceptors (Lipinski definition) is 5. The molecule has 0 bridgehead atoms. The maximum absolute atomic E-state index is 11.2. The first kappa shape index (κ1) is 14.4. The van der Waals surface area contributed by atoms with Crippen LogP contribution in [0.3, 0.4) is 0 Å². The number of nitro groups is 1. The summed E-state index contributed by atoms with van der Waals surface area (Å²) in [6, 6.07) is 4.86. The van der Waals surface area contributed by atoms with Gasteiger partial charge in [0.15, 0.2) is 0 Å². The highest BCUT2D eigenvalue weighted by atomic mass is 32.2. The fraction of sp³-hybridized carbons (Fsp3) is 0.400. The Labute approximate surface area is 105 Å². The molecule has 1 aromatic carbocycles. The van der Waals surface area contributed by atoms with Crippen LogP contribution in [0.1, 0.15) is 5.56 Å². The van der Waals surface area contributed by atoms with Gasteiger partial charge >= 0.3 is 0 Å². The standard InChI is InChI=1S/C10H15N3O4S/c1-8-4-3-5-9(10(8)13(14)15)12-6-7-18(16,17)11-2/h3-5,11-12H,6-7H2,1-2H3. The van der Waals surface area contributed by atoms with Crippen LogP contribution in [0.2, 0.25) is 0 Å². The summed E-state index contributed by atoms with van der Waals surface area (Å²) in [4.78, 5) is 10.4. The van der Waals surface area contributed by atoms with Crippen LogP contribution in [-0.2, 0) is 10.0 Å². The lowest BCUT2D eigenvalue weighted by atomic mass is 10.1. The van der Waals surface area contributed by atoms with Gasteiger partial charge in [-0.2, -0.15) is 0 Å². The number of hydrogen-bond donors (Lipinski definition) is 2. The zero-order valence-electron chi connectivity index (χ0n) is 10.1. The van der Waals surface area contributed by atoms with Crippen LogP contribution in [0.4, 0.5) is 11.4 Å². The lowest BCUT2D eigenvalue weighted by Gasteiger charge is -2.08. The highest BCUT2D eigenvalue weighted by Crippen LogP contribution is 2.27. The third-order valence-corrected chi connectivity index (χ3v) is 3.78. The van der Waals surface area contributed by atoms with Gasteiger partial charge in [-0.25, -0.2) is 13.1 Å². The molecule has 0 fully saturated rings. The summed E-state index contributed by atoms with van der Waals surface area (Å²) in [6.45, 7) is 1.74. The quantitative estimate of drug-likeness (QED) is 0.591. The summed E-state index contributed by atoms with van der Waals surface area (Å²) < 4.78 is 24.6. The molecule has 0 aliphatic rings. The van der Waals surface area contributed by atoms with Crippen LogP contribution in [0, 0.1) is 17.0 Å². The van der Waals surface area contributed by atoms with E-state index in [0.29, 0.717) is 11.3 Å². The van der Waals surface area contributed by atoms with Crippen molar-refractivity contribution >= 4 is 21.4 Å². The van der Waals surface area contributed by atoms with Gasteiger partial charge in [0, 0.05) is 12.1 Å². The van der Waals surface area contributed by atoms with E-state index in [1.165, 1.54) is 7.05 Å². The first-order valence-electron chi connectivity index (χ1n) is 5.26. The second kappa shape index (κ2) is 5.78. The number of sulfonamides is 1. The zero-order chi connectivity index (χ0) is 13.8. The van der Waals surface area contributed by atoms with Crippen LogP contribution in [0.25, 0.3) is 0 Å². The van der Waals surface area contributed by atoms with E-state index >= 15 is 0 Å². The molecule has 0 saturated heterocycles. The molecule has 0 unspecified atom stereocenters. The molecule has 0 amide bonds. The van der Waals surface area contributed by atoms with Crippen molar-refractivity contribution in [3.63, 3.8) is 0 Å². The smallest absolute Gasteiger partial charge is 0.295 e. The Bertz CT molecular complexity index is 542. The number of aryl methyl sites for hydroxylation is 1. The zero-order valence-corrected chi connectivity index (χ0v) is 11.0. The molecule has 0 atom stereocenters. The minimum Gasteiger partial charge on any atom is -0.378 e. The summed E-state index contributed by atoms with van der Waals surface area (Å²) in [7, 11) is -1.99. The van der Waals surface area contributed by atoms with Gasteiger partial charge in [0.05, 0.1) is 10.7 Å². The Balaban J connectivity index is 2.80. The van der Waals surface area contributed by atoms with Crippen molar-refractivity contribution in [3.8, 4) is 0 Å². The second-order valence-corrected chi connectivity index (χ2v) is 5.72. The number of nitrogens with zero attached hydrogens (tertiary/aromatic N) is 1. The molecule has 100 valence electrons. The van der Waals surface area contributed by atoms with E-state index in [2.05, 4.69) is 10.0 Å². The van der Waals surface area contributed by atoms with Crippen molar-refractivity contribution < 1.29 is 13.3 Å². The topological polar surface area (TPSA) is 101 Å². The Morgan fingerprint density at radius 3 is 2.61 bits per heavy atom. The second-order valence-electron chi connectivity index (χ2n) is 3.68. The van der Waals surface area contributed by atoms with Crippen molar-refractivity contribution in [1.82, 2.24) is 4.72 Å². The molecule has 0 aliphatic heterocycles. The predicted octanol–water partition coefficient (Wildman–Crippen LogP) is 0.864. The summed E-state index contributed by atoms with van der Waals surface area (Å²) >= 11 is 0. The molecule has 1 aromatic rings. The molecular weight excluding hydrogens is 258 g/mol. The number of nitrogens with one attached hydrogen (secondary N) is 2. The Kier molecular flexibility index (Phi) is 4.62. The van der Waals surface area contributed by atoms with Crippen LogP contribution in [-0.4, -0.2) is 32.7 Å². The van der Waals surface area contributed by atoms with Crippen LogP contribution >= 0.6 is 0 Å². The maximum Gasteiger partial charge on any atom is 0.295 e. The molecule has 0 radical (unpaired) electrons. The molecule has 2 N–H and O–H groups in total. The maximum atomic E-state index is 11.2.